The summed E-state index contributed by atoms with van der Waals surface area (Å²) in [5.41, 5.74) is 4.21. The maximum Gasteiger partial charge on any atom is 0.0694 e. The van der Waals surface area contributed by atoms with E-state index in [4.69, 9.17) is 4.74 Å². The fraction of sp³-hybridized carbons (Fsp3) is 0.600. The molecule has 1 saturated heterocycles. The summed E-state index contributed by atoms with van der Waals surface area (Å²) in [7, 11) is 0. The van der Waals surface area contributed by atoms with Crippen molar-refractivity contribution in [1.29, 1.82) is 0 Å². The van der Waals surface area contributed by atoms with Crippen LogP contribution in [0.1, 0.15) is 25.8 Å². The lowest BCUT2D eigenvalue weighted by atomic mass is 9.98. The number of hydrogen-bond acceptors (Lipinski definition) is 3. The molecule has 0 aromatic heterocycles. The third kappa shape index (κ3) is 2.07. The molecule has 18 heavy (non-hydrogen) atoms. The summed E-state index contributed by atoms with van der Waals surface area (Å²) in [6.45, 7) is 8.24. The monoisotopic (exact) mass is 246 g/mol. The van der Waals surface area contributed by atoms with Gasteiger partial charge in [0.1, 0.15) is 0 Å². The molecule has 1 N–H and O–H groups in total. The summed E-state index contributed by atoms with van der Waals surface area (Å²) >= 11 is 0. The molecule has 2 aliphatic rings. The van der Waals surface area contributed by atoms with Crippen LogP contribution in [0.2, 0.25) is 0 Å². The molecule has 1 fully saturated rings. The van der Waals surface area contributed by atoms with E-state index < -0.39 is 0 Å². The van der Waals surface area contributed by atoms with Gasteiger partial charge in [0.05, 0.1) is 18.8 Å². The molecule has 0 amide bonds. The molecule has 0 spiro atoms. The lowest BCUT2D eigenvalue weighted by Gasteiger charge is -2.44. The minimum atomic E-state index is 0.0918. The standard InChI is InChI=1S/C15H22N2O/c1-15(2)11-18-9-8-17(15)13-5-6-14-12(10-13)4-3-7-16-14/h5-6,10,16H,3-4,7-9,11H2,1-2H3. The summed E-state index contributed by atoms with van der Waals surface area (Å²) < 4.78 is 5.60. The smallest absolute Gasteiger partial charge is 0.0694 e. The Labute approximate surface area is 109 Å². The zero-order valence-corrected chi connectivity index (χ0v) is 11.3. The van der Waals surface area contributed by atoms with Gasteiger partial charge in [-0.2, -0.15) is 0 Å². The van der Waals surface area contributed by atoms with Crippen LogP contribution < -0.4 is 10.2 Å². The Hall–Kier alpha value is -1.22. The van der Waals surface area contributed by atoms with Crippen LogP contribution in [-0.2, 0) is 11.2 Å². The van der Waals surface area contributed by atoms with Gasteiger partial charge in [-0.25, -0.2) is 0 Å². The van der Waals surface area contributed by atoms with Crippen LogP contribution in [0.5, 0.6) is 0 Å². The van der Waals surface area contributed by atoms with Crippen molar-refractivity contribution in [3.8, 4) is 0 Å². The van der Waals surface area contributed by atoms with Crippen molar-refractivity contribution in [3.05, 3.63) is 23.8 Å². The van der Waals surface area contributed by atoms with Gasteiger partial charge in [-0.3, -0.25) is 0 Å². The zero-order chi connectivity index (χ0) is 12.6. The van der Waals surface area contributed by atoms with Gasteiger partial charge in [0.2, 0.25) is 0 Å². The first-order valence-corrected chi connectivity index (χ1v) is 6.89. The minimum absolute atomic E-state index is 0.0918. The molecule has 0 unspecified atom stereocenters. The summed E-state index contributed by atoms with van der Waals surface area (Å²) in [6, 6.07) is 6.83. The van der Waals surface area contributed by atoms with Crippen LogP contribution in [0.3, 0.4) is 0 Å². The highest BCUT2D eigenvalue weighted by Crippen LogP contribution is 2.31. The molecule has 3 rings (SSSR count). The molecule has 2 heterocycles. The normalized spacial score (nSPS) is 22.2. The van der Waals surface area contributed by atoms with E-state index in [-0.39, 0.29) is 5.54 Å². The van der Waals surface area contributed by atoms with E-state index in [0.29, 0.717) is 0 Å². The Morgan fingerprint density at radius 3 is 3.06 bits per heavy atom. The SMILES string of the molecule is CC1(C)COCCN1c1ccc2c(c1)CCCN2. The number of ether oxygens (including phenoxy) is 1. The van der Waals surface area contributed by atoms with Gasteiger partial charge in [-0.05, 0) is 50.5 Å². The van der Waals surface area contributed by atoms with Crippen molar-refractivity contribution in [3.63, 3.8) is 0 Å². The van der Waals surface area contributed by atoms with Crippen LogP contribution in [0.15, 0.2) is 18.2 Å². The number of nitrogens with one attached hydrogen (secondary N) is 1. The summed E-state index contributed by atoms with van der Waals surface area (Å²) in [5, 5.41) is 3.47. The van der Waals surface area contributed by atoms with Crippen LogP contribution >= 0.6 is 0 Å². The number of rotatable bonds is 1. The second-order valence-electron chi connectivity index (χ2n) is 5.89. The number of benzene rings is 1. The van der Waals surface area contributed by atoms with Gasteiger partial charge in [0, 0.05) is 24.5 Å². The second-order valence-corrected chi connectivity index (χ2v) is 5.89. The molecule has 98 valence electrons. The number of hydrogen-bond donors (Lipinski definition) is 1. The van der Waals surface area contributed by atoms with E-state index in [9.17, 15) is 0 Å². The third-order valence-corrected chi connectivity index (χ3v) is 3.98. The lowest BCUT2D eigenvalue weighted by molar-refractivity contribution is 0.0644. The van der Waals surface area contributed by atoms with E-state index >= 15 is 0 Å². The van der Waals surface area contributed by atoms with Crippen LogP contribution in [0.4, 0.5) is 11.4 Å². The summed E-state index contributed by atoms with van der Waals surface area (Å²) in [6.07, 6.45) is 2.43. The van der Waals surface area contributed by atoms with Crippen LogP contribution in [0.25, 0.3) is 0 Å². The maximum atomic E-state index is 5.60. The molecular formula is C15H22N2O. The quantitative estimate of drug-likeness (QED) is 0.824. The zero-order valence-electron chi connectivity index (χ0n) is 11.3. The Morgan fingerprint density at radius 2 is 2.22 bits per heavy atom. The van der Waals surface area contributed by atoms with Gasteiger partial charge in [-0.1, -0.05) is 0 Å². The van der Waals surface area contributed by atoms with Crippen molar-refractivity contribution < 1.29 is 4.74 Å². The summed E-state index contributed by atoms with van der Waals surface area (Å²) in [5.74, 6) is 0. The van der Waals surface area contributed by atoms with Crippen molar-refractivity contribution in [2.45, 2.75) is 32.2 Å². The van der Waals surface area contributed by atoms with Gasteiger partial charge in [0.15, 0.2) is 0 Å². The van der Waals surface area contributed by atoms with Crippen LogP contribution in [0, 0.1) is 0 Å². The Bertz CT molecular complexity index is 442. The average molecular weight is 246 g/mol. The number of nitrogens with zero attached hydrogens (tertiary/aromatic N) is 1. The molecule has 0 radical (unpaired) electrons. The topological polar surface area (TPSA) is 24.5 Å². The van der Waals surface area contributed by atoms with E-state index in [1.807, 2.05) is 0 Å². The molecule has 3 heteroatoms. The molecular weight excluding hydrogens is 224 g/mol. The van der Waals surface area contributed by atoms with Gasteiger partial charge >= 0.3 is 0 Å². The molecule has 0 bridgehead atoms. The fourth-order valence-corrected chi connectivity index (χ4v) is 2.97. The highest BCUT2D eigenvalue weighted by atomic mass is 16.5. The Balaban J connectivity index is 1.91. The van der Waals surface area contributed by atoms with Crippen molar-refractivity contribution in [2.24, 2.45) is 0 Å². The predicted molar refractivity (Wildman–Crippen MR) is 75.5 cm³/mol. The van der Waals surface area contributed by atoms with Crippen molar-refractivity contribution >= 4 is 11.4 Å². The number of aryl methyl sites for hydroxylation is 1. The first-order chi connectivity index (χ1) is 8.67. The Kier molecular flexibility index (Phi) is 2.94. The number of fused-ring (bicyclic) bond motifs is 1. The molecule has 1 aromatic rings. The number of anilines is 2. The highest BCUT2D eigenvalue weighted by molar-refractivity contribution is 5.62. The van der Waals surface area contributed by atoms with Gasteiger partial charge in [-0.15, -0.1) is 0 Å². The molecule has 1 aromatic carbocycles. The number of morpholine rings is 1. The predicted octanol–water partition coefficient (Wildman–Crippen LogP) is 2.66. The van der Waals surface area contributed by atoms with Gasteiger partial charge < -0.3 is 15.0 Å². The Morgan fingerprint density at radius 1 is 1.33 bits per heavy atom. The summed E-state index contributed by atoms with van der Waals surface area (Å²) in [4.78, 5) is 2.48. The third-order valence-electron chi connectivity index (χ3n) is 3.98. The highest BCUT2D eigenvalue weighted by Gasteiger charge is 2.30. The second kappa shape index (κ2) is 4.47. The molecule has 2 aliphatic heterocycles. The van der Waals surface area contributed by atoms with E-state index in [1.54, 1.807) is 0 Å². The van der Waals surface area contributed by atoms with Crippen LogP contribution in [-0.4, -0.2) is 31.8 Å². The first-order valence-electron chi connectivity index (χ1n) is 6.89. The minimum Gasteiger partial charge on any atom is -0.385 e. The van der Waals surface area contributed by atoms with Crippen molar-refractivity contribution in [1.82, 2.24) is 0 Å². The first kappa shape index (κ1) is 11.8. The molecule has 0 saturated carbocycles. The average Bonchev–Trinajstić information content (AvgIpc) is 2.38. The van der Waals surface area contributed by atoms with E-state index in [2.05, 4.69) is 42.3 Å². The molecule has 0 atom stereocenters. The van der Waals surface area contributed by atoms with Gasteiger partial charge in [0.25, 0.3) is 0 Å². The largest absolute Gasteiger partial charge is 0.385 e. The fourth-order valence-electron chi connectivity index (χ4n) is 2.97. The van der Waals surface area contributed by atoms with E-state index in [1.165, 1.54) is 29.8 Å². The lowest BCUT2D eigenvalue weighted by Crippen LogP contribution is -2.53. The molecule has 3 nitrogen and oxygen atoms in total. The van der Waals surface area contributed by atoms with Crippen molar-refractivity contribution in [2.75, 3.05) is 36.5 Å². The van der Waals surface area contributed by atoms with E-state index in [0.717, 1.165) is 26.3 Å². The molecule has 0 aliphatic carbocycles. The maximum absolute atomic E-state index is 5.60.